The van der Waals surface area contributed by atoms with Gasteiger partial charge in [-0.15, -0.1) is 0 Å². The number of ether oxygens (including phenoxy) is 2. The molecule has 3 saturated carbocycles. The van der Waals surface area contributed by atoms with Crippen molar-refractivity contribution in [2.75, 3.05) is 13.2 Å². The van der Waals surface area contributed by atoms with E-state index in [0.717, 1.165) is 37.4 Å². The lowest BCUT2D eigenvalue weighted by atomic mass is 9.60. The first kappa shape index (κ1) is 25.2. The summed E-state index contributed by atoms with van der Waals surface area (Å²) in [6.07, 6.45) is 6.12. The van der Waals surface area contributed by atoms with E-state index < -0.39 is 28.9 Å². The number of carbonyl (C=O) groups is 2. The third-order valence-electron chi connectivity index (χ3n) is 7.53. The molecule has 6 rings (SSSR count). The first-order chi connectivity index (χ1) is 17.3. The highest BCUT2D eigenvalue weighted by Crippen LogP contribution is 2.47. The third-order valence-corrected chi connectivity index (χ3v) is 8.90. The van der Waals surface area contributed by atoms with Gasteiger partial charge >= 0.3 is 0 Å². The SMILES string of the molecule is O=C(COc1nc2c(s1)CCCC2)NC12CCC(NC(=O)COc3ccc(Cl)c(F)c3)(CC1)[C@@H](O)C2. The minimum absolute atomic E-state index is 0.0257. The second kappa shape index (κ2) is 10.1. The van der Waals surface area contributed by atoms with Crippen LogP contribution in [-0.4, -0.2) is 52.3 Å². The lowest BCUT2D eigenvalue weighted by molar-refractivity contribution is -0.137. The molecular weight excluding hydrogens is 509 g/mol. The Morgan fingerprint density at radius 3 is 2.56 bits per heavy atom. The van der Waals surface area contributed by atoms with Gasteiger partial charge in [0.1, 0.15) is 11.6 Å². The van der Waals surface area contributed by atoms with Crippen molar-refractivity contribution in [3.63, 3.8) is 0 Å². The van der Waals surface area contributed by atoms with E-state index in [2.05, 4.69) is 15.6 Å². The molecule has 1 atom stereocenters. The van der Waals surface area contributed by atoms with E-state index in [0.29, 0.717) is 37.3 Å². The number of nitrogens with one attached hydrogen (secondary N) is 2. The van der Waals surface area contributed by atoms with Crippen LogP contribution in [0.2, 0.25) is 5.02 Å². The molecule has 1 heterocycles. The average molecular weight is 538 g/mol. The summed E-state index contributed by atoms with van der Waals surface area (Å²) in [5, 5.41) is 17.4. The van der Waals surface area contributed by atoms with Gasteiger partial charge in [0.15, 0.2) is 13.2 Å². The largest absolute Gasteiger partial charge is 0.484 e. The first-order valence-corrected chi connectivity index (χ1v) is 13.4. The summed E-state index contributed by atoms with van der Waals surface area (Å²) in [5.74, 6) is -1.07. The fourth-order valence-electron chi connectivity index (χ4n) is 5.54. The maximum Gasteiger partial charge on any atom is 0.274 e. The molecular formula is C25H29ClFN3O5S. The minimum atomic E-state index is -0.816. The molecule has 0 radical (unpaired) electrons. The molecule has 0 unspecified atom stereocenters. The van der Waals surface area contributed by atoms with E-state index in [4.69, 9.17) is 21.1 Å². The summed E-state index contributed by atoms with van der Waals surface area (Å²) in [6, 6.07) is 3.96. The van der Waals surface area contributed by atoms with Crippen LogP contribution < -0.4 is 20.1 Å². The van der Waals surface area contributed by atoms with Crippen LogP contribution in [0, 0.1) is 5.82 Å². The summed E-state index contributed by atoms with van der Waals surface area (Å²) in [5.41, 5.74) is -0.201. The highest BCUT2D eigenvalue weighted by Gasteiger charge is 2.55. The fraction of sp³-hybridized carbons (Fsp3) is 0.560. The Labute approximate surface area is 217 Å². The van der Waals surface area contributed by atoms with Crippen molar-refractivity contribution in [2.24, 2.45) is 0 Å². The number of fused-ring (bicyclic) bond motifs is 4. The van der Waals surface area contributed by atoms with Gasteiger partial charge in [0.25, 0.3) is 17.0 Å². The number of rotatable bonds is 8. The van der Waals surface area contributed by atoms with Crippen molar-refractivity contribution in [3.8, 4) is 10.9 Å². The van der Waals surface area contributed by atoms with E-state index in [1.54, 1.807) is 0 Å². The monoisotopic (exact) mass is 537 g/mol. The lowest BCUT2D eigenvalue weighted by Crippen LogP contribution is -2.70. The number of amides is 2. The smallest absolute Gasteiger partial charge is 0.274 e. The zero-order chi connectivity index (χ0) is 25.3. The van der Waals surface area contributed by atoms with Gasteiger partial charge in [-0.3, -0.25) is 9.59 Å². The van der Waals surface area contributed by atoms with E-state index in [1.165, 1.54) is 28.3 Å². The summed E-state index contributed by atoms with van der Waals surface area (Å²) < 4.78 is 24.6. The van der Waals surface area contributed by atoms with E-state index >= 15 is 0 Å². The maximum atomic E-state index is 13.6. The first-order valence-electron chi connectivity index (χ1n) is 12.3. The van der Waals surface area contributed by atoms with E-state index in [9.17, 15) is 19.1 Å². The van der Waals surface area contributed by atoms with Crippen molar-refractivity contribution in [1.82, 2.24) is 15.6 Å². The van der Waals surface area contributed by atoms with Crippen LogP contribution >= 0.6 is 22.9 Å². The van der Waals surface area contributed by atoms with Gasteiger partial charge < -0.3 is 25.2 Å². The molecule has 2 aromatic rings. The maximum absolute atomic E-state index is 13.6. The van der Waals surface area contributed by atoms with Crippen LogP contribution in [0.5, 0.6) is 10.9 Å². The molecule has 3 N–H and O–H groups in total. The zero-order valence-corrected chi connectivity index (χ0v) is 21.4. The predicted octanol–water partition coefficient (Wildman–Crippen LogP) is 3.32. The molecule has 11 heteroatoms. The highest BCUT2D eigenvalue weighted by atomic mass is 35.5. The van der Waals surface area contributed by atoms with Gasteiger partial charge in [-0.25, -0.2) is 9.37 Å². The second-order valence-corrected chi connectivity index (χ2v) is 11.4. The van der Waals surface area contributed by atoms with Gasteiger partial charge in [0.05, 0.1) is 22.4 Å². The quantitative estimate of drug-likeness (QED) is 0.476. The molecule has 8 nitrogen and oxygen atoms in total. The summed E-state index contributed by atoms with van der Waals surface area (Å²) in [6.45, 7) is -0.427. The Kier molecular flexibility index (Phi) is 7.11. The van der Waals surface area contributed by atoms with Crippen molar-refractivity contribution < 1.29 is 28.6 Å². The molecule has 0 saturated heterocycles. The van der Waals surface area contributed by atoms with Crippen molar-refractivity contribution in [2.45, 2.75) is 75.0 Å². The van der Waals surface area contributed by atoms with E-state index in [-0.39, 0.29) is 29.9 Å². The average Bonchev–Trinajstić information content (AvgIpc) is 3.28. The summed E-state index contributed by atoms with van der Waals surface area (Å²) in [4.78, 5) is 31.0. The number of aryl methyl sites for hydroxylation is 2. The van der Waals surface area contributed by atoms with E-state index in [1.807, 2.05) is 0 Å². The molecule has 2 amide bonds. The molecule has 2 bridgehead atoms. The molecule has 0 spiro atoms. The van der Waals surface area contributed by atoms with Gasteiger partial charge in [-0.05, 0) is 69.9 Å². The molecule has 36 heavy (non-hydrogen) atoms. The number of halogens is 2. The summed E-state index contributed by atoms with van der Waals surface area (Å²) in [7, 11) is 0. The van der Waals surface area contributed by atoms with Crippen molar-refractivity contribution >= 4 is 34.8 Å². The number of aromatic nitrogens is 1. The predicted molar refractivity (Wildman–Crippen MR) is 132 cm³/mol. The van der Waals surface area contributed by atoms with Gasteiger partial charge in [-0.1, -0.05) is 22.9 Å². The number of aliphatic hydroxyl groups is 1. The zero-order valence-electron chi connectivity index (χ0n) is 19.8. The minimum Gasteiger partial charge on any atom is -0.484 e. The van der Waals surface area contributed by atoms with Gasteiger partial charge in [-0.2, -0.15) is 0 Å². The van der Waals surface area contributed by atoms with Crippen LogP contribution in [0.3, 0.4) is 0 Å². The Bertz CT molecular complexity index is 1130. The molecule has 1 aromatic carbocycles. The van der Waals surface area contributed by atoms with Crippen LogP contribution in [0.15, 0.2) is 18.2 Å². The Morgan fingerprint density at radius 1 is 1.11 bits per heavy atom. The fourth-order valence-corrected chi connectivity index (χ4v) is 6.65. The molecule has 0 aliphatic heterocycles. The number of nitrogens with zero attached hydrogens (tertiary/aromatic N) is 1. The Balaban J connectivity index is 1.11. The van der Waals surface area contributed by atoms with Crippen molar-refractivity contribution in [1.29, 1.82) is 0 Å². The second-order valence-electron chi connectivity index (χ2n) is 9.96. The standard InChI is InChI=1S/C25H29ClFN3O5S/c26-16-6-5-15(11-17(16)27)34-13-22(33)30-25-9-7-24(8-10-25,12-20(25)31)29-21(32)14-35-23-28-18-3-1-2-4-19(18)36-23/h5-6,11,20,31H,1-4,7-10,12-14H2,(H,29,32)(H,30,33)/t20-,24?,25?/m0/s1. The molecule has 4 aliphatic rings. The lowest BCUT2D eigenvalue weighted by Gasteiger charge is -2.56. The summed E-state index contributed by atoms with van der Waals surface area (Å²) >= 11 is 7.18. The molecule has 194 valence electrons. The van der Waals surface area contributed by atoms with Crippen LogP contribution in [0.4, 0.5) is 4.39 Å². The number of carbonyl (C=O) groups excluding carboxylic acids is 2. The van der Waals surface area contributed by atoms with Crippen LogP contribution in [0.25, 0.3) is 0 Å². The molecule has 3 fully saturated rings. The van der Waals surface area contributed by atoms with Crippen LogP contribution in [-0.2, 0) is 22.4 Å². The highest BCUT2D eigenvalue weighted by molar-refractivity contribution is 7.13. The topological polar surface area (TPSA) is 110 Å². The van der Waals surface area contributed by atoms with Crippen molar-refractivity contribution in [3.05, 3.63) is 39.6 Å². The number of thiazole rings is 1. The third kappa shape index (κ3) is 5.31. The number of hydrogen-bond acceptors (Lipinski definition) is 7. The number of hydrogen-bond donors (Lipinski definition) is 3. The number of benzene rings is 1. The Hall–Kier alpha value is -2.43. The number of aliphatic hydroxyl groups excluding tert-OH is 1. The molecule has 4 aliphatic carbocycles. The normalized spacial score (nSPS) is 26.7. The Morgan fingerprint density at radius 2 is 1.83 bits per heavy atom. The van der Waals surface area contributed by atoms with Gasteiger partial charge in [0.2, 0.25) is 0 Å². The molecule has 1 aromatic heterocycles. The van der Waals surface area contributed by atoms with Gasteiger partial charge in [0, 0.05) is 16.5 Å². The van der Waals surface area contributed by atoms with Crippen LogP contribution in [0.1, 0.15) is 55.5 Å².